The van der Waals surface area contributed by atoms with E-state index in [0.717, 1.165) is 43.0 Å². The van der Waals surface area contributed by atoms with E-state index in [-0.39, 0.29) is 18.9 Å². The smallest absolute Gasteiger partial charge is 0.370 e. The molecule has 0 aliphatic carbocycles. The van der Waals surface area contributed by atoms with Gasteiger partial charge in [0.05, 0.1) is 5.56 Å². The van der Waals surface area contributed by atoms with Crippen LogP contribution in [-0.4, -0.2) is 17.4 Å². The van der Waals surface area contributed by atoms with Gasteiger partial charge in [-0.1, -0.05) is 18.2 Å². The maximum Gasteiger partial charge on any atom is 0.416 e. The van der Waals surface area contributed by atoms with Crippen molar-refractivity contribution in [1.82, 2.24) is 10.3 Å². The number of aryl methyl sites for hydroxylation is 2. The number of anilines is 1. The van der Waals surface area contributed by atoms with Crippen molar-refractivity contribution in [2.45, 2.75) is 38.4 Å². The maximum atomic E-state index is 12.5. The van der Waals surface area contributed by atoms with E-state index in [1.807, 2.05) is 12.1 Å². The van der Waals surface area contributed by atoms with Gasteiger partial charge >= 0.3 is 6.18 Å². The third-order valence-electron chi connectivity index (χ3n) is 4.33. The summed E-state index contributed by atoms with van der Waals surface area (Å²) in [6.45, 7) is 1.12. The van der Waals surface area contributed by atoms with Gasteiger partial charge in [-0.15, -0.1) is 0 Å². The Bertz CT molecular complexity index is 773. The molecular weight excluding hydrogens is 343 g/mol. The Morgan fingerprint density at radius 3 is 2.65 bits per heavy atom. The first-order valence-corrected chi connectivity index (χ1v) is 8.57. The molecule has 0 bridgehead atoms. The second-order valence-corrected chi connectivity index (χ2v) is 6.31. The maximum absolute atomic E-state index is 12.5. The fourth-order valence-corrected chi connectivity index (χ4v) is 2.85. The van der Waals surface area contributed by atoms with E-state index in [2.05, 4.69) is 15.6 Å². The van der Waals surface area contributed by atoms with E-state index in [0.29, 0.717) is 12.0 Å². The number of halogens is 3. The predicted molar refractivity (Wildman–Crippen MR) is 92.7 cm³/mol. The number of rotatable bonds is 5. The summed E-state index contributed by atoms with van der Waals surface area (Å²) in [4.78, 5) is 16.5. The molecule has 7 heteroatoms. The molecule has 0 unspecified atom stereocenters. The minimum absolute atomic E-state index is 0.155. The zero-order chi connectivity index (χ0) is 18.6. The van der Waals surface area contributed by atoms with Crippen LogP contribution in [0.1, 0.15) is 35.2 Å². The van der Waals surface area contributed by atoms with Crippen LogP contribution in [0, 0.1) is 0 Å². The van der Waals surface area contributed by atoms with Crippen molar-refractivity contribution in [3.63, 3.8) is 0 Å². The van der Waals surface area contributed by atoms with Gasteiger partial charge in [-0.25, -0.2) is 4.98 Å². The van der Waals surface area contributed by atoms with E-state index in [1.54, 1.807) is 0 Å². The summed E-state index contributed by atoms with van der Waals surface area (Å²) >= 11 is 0. The van der Waals surface area contributed by atoms with Crippen LogP contribution in [0.2, 0.25) is 0 Å². The number of hydrogen-bond acceptors (Lipinski definition) is 3. The average Bonchev–Trinajstić information content (AvgIpc) is 2.64. The van der Waals surface area contributed by atoms with Crippen LogP contribution in [0.3, 0.4) is 0 Å². The van der Waals surface area contributed by atoms with Crippen molar-refractivity contribution in [2.75, 3.05) is 11.9 Å². The highest BCUT2D eigenvalue weighted by molar-refractivity contribution is 5.76. The fourth-order valence-electron chi connectivity index (χ4n) is 2.85. The predicted octanol–water partition coefficient (Wildman–Crippen LogP) is 3.71. The summed E-state index contributed by atoms with van der Waals surface area (Å²) in [5.74, 6) is 0.747. The first kappa shape index (κ1) is 18.2. The van der Waals surface area contributed by atoms with Crippen LogP contribution < -0.4 is 10.6 Å². The second-order valence-electron chi connectivity index (χ2n) is 6.31. The summed E-state index contributed by atoms with van der Waals surface area (Å²) in [5, 5.41) is 5.99. The van der Waals surface area contributed by atoms with Crippen molar-refractivity contribution in [1.29, 1.82) is 0 Å². The van der Waals surface area contributed by atoms with E-state index in [4.69, 9.17) is 0 Å². The van der Waals surface area contributed by atoms with Crippen LogP contribution >= 0.6 is 0 Å². The number of nitrogens with one attached hydrogen (secondary N) is 2. The molecule has 2 N–H and O–H groups in total. The summed E-state index contributed by atoms with van der Waals surface area (Å²) < 4.78 is 37.6. The van der Waals surface area contributed by atoms with Gasteiger partial charge in [0.15, 0.2) is 0 Å². The molecule has 0 saturated carbocycles. The van der Waals surface area contributed by atoms with Gasteiger partial charge in [0, 0.05) is 25.2 Å². The molecule has 4 nitrogen and oxygen atoms in total. The molecule has 0 atom stereocenters. The molecule has 0 spiro atoms. The monoisotopic (exact) mass is 363 g/mol. The largest absolute Gasteiger partial charge is 0.416 e. The normalized spacial score (nSPS) is 13.7. The molecule has 1 aliphatic heterocycles. The fraction of sp³-hybridized carbons (Fsp3) is 0.368. The van der Waals surface area contributed by atoms with Gasteiger partial charge in [0.25, 0.3) is 0 Å². The summed E-state index contributed by atoms with van der Waals surface area (Å²) in [7, 11) is 0. The Kier molecular flexibility index (Phi) is 5.44. The van der Waals surface area contributed by atoms with E-state index in [9.17, 15) is 18.0 Å². The first-order valence-electron chi connectivity index (χ1n) is 8.57. The average molecular weight is 363 g/mol. The molecule has 1 aliphatic rings. The first-order chi connectivity index (χ1) is 12.4. The number of alkyl halides is 3. The quantitative estimate of drug-likeness (QED) is 0.852. The second kappa shape index (κ2) is 7.76. The summed E-state index contributed by atoms with van der Waals surface area (Å²) in [6.07, 6.45) is -1.43. The molecule has 138 valence electrons. The van der Waals surface area contributed by atoms with Crippen molar-refractivity contribution in [2.24, 2.45) is 0 Å². The van der Waals surface area contributed by atoms with Gasteiger partial charge in [0.2, 0.25) is 5.91 Å². The minimum Gasteiger partial charge on any atom is -0.370 e. The Morgan fingerprint density at radius 1 is 1.15 bits per heavy atom. The molecule has 1 aromatic carbocycles. The highest BCUT2D eigenvalue weighted by Gasteiger charge is 2.29. The Labute approximate surface area is 149 Å². The summed E-state index contributed by atoms with van der Waals surface area (Å²) in [6, 6.07) is 8.77. The highest BCUT2D eigenvalue weighted by Crippen LogP contribution is 2.29. The van der Waals surface area contributed by atoms with Gasteiger partial charge < -0.3 is 10.6 Å². The van der Waals surface area contributed by atoms with Crippen LogP contribution in [0.15, 0.2) is 36.4 Å². The van der Waals surface area contributed by atoms with Crippen molar-refractivity contribution >= 4 is 11.7 Å². The van der Waals surface area contributed by atoms with Gasteiger partial charge in [-0.05, 0) is 48.6 Å². The molecule has 1 amide bonds. The molecule has 0 saturated heterocycles. The van der Waals surface area contributed by atoms with E-state index < -0.39 is 11.7 Å². The summed E-state index contributed by atoms with van der Waals surface area (Å²) in [5.41, 5.74) is 1.98. The van der Waals surface area contributed by atoms with Crippen molar-refractivity contribution < 1.29 is 18.0 Å². The van der Waals surface area contributed by atoms with Gasteiger partial charge in [-0.3, -0.25) is 4.79 Å². The lowest BCUT2D eigenvalue weighted by atomic mass is 10.1. The van der Waals surface area contributed by atoms with Crippen LogP contribution in [-0.2, 0) is 30.4 Å². The number of carbonyl (C=O) groups excluding carboxylic acids is 1. The third-order valence-corrected chi connectivity index (χ3v) is 4.33. The van der Waals surface area contributed by atoms with Crippen molar-refractivity contribution in [3.05, 3.63) is 58.8 Å². The zero-order valence-corrected chi connectivity index (χ0v) is 14.2. The number of benzene rings is 1. The molecule has 26 heavy (non-hydrogen) atoms. The highest BCUT2D eigenvalue weighted by atomic mass is 19.4. The SMILES string of the molecule is O=C(CCc1ccc2c(n1)NCCC2)NCc1ccc(C(F)(F)F)cc1. The number of fused-ring (bicyclic) bond motifs is 1. The minimum atomic E-state index is -4.35. The Hall–Kier alpha value is -2.57. The topological polar surface area (TPSA) is 54.0 Å². The van der Waals surface area contributed by atoms with E-state index in [1.165, 1.54) is 17.7 Å². The Balaban J connectivity index is 1.47. The molecule has 3 rings (SSSR count). The van der Waals surface area contributed by atoms with Gasteiger partial charge in [-0.2, -0.15) is 13.2 Å². The lowest BCUT2D eigenvalue weighted by Gasteiger charge is -2.17. The third kappa shape index (κ3) is 4.74. The van der Waals surface area contributed by atoms with E-state index >= 15 is 0 Å². The molecule has 2 aromatic rings. The molecule has 0 fully saturated rings. The van der Waals surface area contributed by atoms with Crippen LogP contribution in [0.25, 0.3) is 0 Å². The number of amides is 1. The molecule has 1 aromatic heterocycles. The molecule has 2 heterocycles. The number of aromatic nitrogens is 1. The number of carbonyl (C=O) groups is 1. The zero-order valence-electron chi connectivity index (χ0n) is 14.2. The van der Waals surface area contributed by atoms with Crippen molar-refractivity contribution in [3.8, 4) is 0 Å². The van der Waals surface area contributed by atoms with Gasteiger partial charge in [0.1, 0.15) is 5.82 Å². The molecule has 0 radical (unpaired) electrons. The number of pyridine rings is 1. The lowest BCUT2D eigenvalue weighted by molar-refractivity contribution is -0.137. The number of hydrogen-bond donors (Lipinski definition) is 2. The standard InChI is InChI=1S/C19H20F3N3O/c20-19(21,22)15-6-3-13(4-7-15)12-24-17(26)10-9-16-8-5-14-2-1-11-23-18(14)25-16/h3-8H,1-2,9-12H2,(H,23,25)(H,24,26). The number of nitrogens with zero attached hydrogens (tertiary/aromatic N) is 1. The molecular formula is C19H20F3N3O. The lowest BCUT2D eigenvalue weighted by Crippen LogP contribution is -2.23. The van der Waals surface area contributed by atoms with Crippen LogP contribution in [0.4, 0.5) is 19.0 Å². The van der Waals surface area contributed by atoms with Crippen LogP contribution in [0.5, 0.6) is 0 Å². The Morgan fingerprint density at radius 2 is 1.92 bits per heavy atom.